The summed E-state index contributed by atoms with van der Waals surface area (Å²) in [6.07, 6.45) is 6.61. The molecule has 3 heterocycles. The van der Waals surface area contributed by atoms with Crippen LogP contribution in [-0.2, 0) is 16.1 Å². The second-order valence-electron chi connectivity index (χ2n) is 10.1. The smallest absolute Gasteiger partial charge is 0.243 e. The number of fused-ring (bicyclic) bond motifs is 1. The van der Waals surface area contributed by atoms with Gasteiger partial charge in [-0.1, -0.05) is 30.2 Å². The lowest BCUT2D eigenvalue weighted by Crippen LogP contribution is -2.56. The molecule has 2 atom stereocenters. The number of rotatable bonds is 4. The van der Waals surface area contributed by atoms with Crippen LogP contribution < -0.4 is 5.32 Å². The lowest BCUT2D eigenvalue weighted by Gasteiger charge is -2.41. The molecule has 3 saturated heterocycles. The summed E-state index contributed by atoms with van der Waals surface area (Å²) in [5.41, 5.74) is 0.810. The van der Waals surface area contributed by atoms with Gasteiger partial charge in [-0.05, 0) is 56.8 Å². The molecule has 168 valence electrons. The van der Waals surface area contributed by atoms with Gasteiger partial charge in [0.1, 0.15) is 6.04 Å². The van der Waals surface area contributed by atoms with Crippen molar-refractivity contribution in [2.24, 2.45) is 0 Å². The van der Waals surface area contributed by atoms with Crippen molar-refractivity contribution >= 4 is 23.4 Å². The number of nitrogens with one attached hydrogen (secondary N) is 1. The number of halogens is 1. The van der Waals surface area contributed by atoms with Crippen LogP contribution in [0.1, 0.15) is 50.5 Å². The summed E-state index contributed by atoms with van der Waals surface area (Å²) in [4.78, 5) is 33.1. The minimum absolute atomic E-state index is 0.0543. The highest BCUT2D eigenvalue weighted by molar-refractivity contribution is 6.30. The van der Waals surface area contributed by atoms with Crippen LogP contribution in [0.4, 0.5) is 0 Å². The Morgan fingerprint density at radius 3 is 2.65 bits per heavy atom. The monoisotopic (exact) mass is 444 g/mol. The third-order valence-electron chi connectivity index (χ3n) is 8.11. The summed E-state index contributed by atoms with van der Waals surface area (Å²) in [6, 6.07) is 8.61. The first-order valence-electron chi connectivity index (χ1n) is 11.7. The molecule has 0 unspecified atom stereocenters. The minimum Gasteiger partial charge on any atom is -0.348 e. The van der Waals surface area contributed by atoms with Crippen molar-refractivity contribution in [3.63, 3.8) is 0 Å². The Morgan fingerprint density at radius 1 is 1.19 bits per heavy atom. The van der Waals surface area contributed by atoms with E-state index in [1.54, 1.807) is 0 Å². The first kappa shape index (κ1) is 21.2. The summed E-state index contributed by atoms with van der Waals surface area (Å²) in [7, 11) is 2.17. The molecule has 1 saturated carbocycles. The van der Waals surface area contributed by atoms with Crippen LogP contribution in [0, 0.1) is 0 Å². The molecule has 0 aromatic heterocycles. The maximum Gasteiger partial charge on any atom is 0.243 e. The first-order chi connectivity index (χ1) is 14.9. The normalized spacial score (nSPS) is 29.1. The fourth-order valence-corrected chi connectivity index (χ4v) is 6.05. The molecule has 5 rings (SSSR count). The number of carbonyl (C=O) groups excluding carboxylic acids is 2. The Kier molecular flexibility index (Phi) is 5.74. The van der Waals surface area contributed by atoms with Crippen LogP contribution in [0.15, 0.2) is 24.3 Å². The number of hydrogen-bond donors (Lipinski definition) is 1. The summed E-state index contributed by atoms with van der Waals surface area (Å²) in [5, 5.41) is 4.10. The van der Waals surface area contributed by atoms with Gasteiger partial charge >= 0.3 is 0 Å². The fourth-order valence-electron chi connectivity index (χ4n) is 5.84. The Bertz CT molecular complexity index is 822. The zero-order valence-corrected chi connectivity index (χ0v) is 19.1. The standard InChI is InChI=1S/C24H33ClN4O2/c1-27(19-6-3-7-19)20-13-21-23(31)26-24(14-22(30)29(21)16-20)8-10-28(11-9-24)15-17-4-2-5-18(25)12-17/h2,4-5,12,19-21H,3,6-11,13-16H2,1H3,(H,26,31)/t20-,21-/m0/s1. The molecule has 1 aromatic carbocycles. The molecule has 4 aliphatic rings. The molecule has 0 radical (unpaired) electrons. The second kappa shape index (κ2) is 8.38. The highest BCUT2D eigenvalue weighted by Gasteiger charge is 2.50. The van der Waals surface area contributed by atoms with E-state index in [1.165, 1.54) is 24.8 Å². The van der Waals surface area contributed by atoms with Crippen LogP contribution >= 0.6 is 11.6 Å². The summed E-state index contributed by atoms with van der Waals surface area (Å²) in [5.74, 6) is 0.204. The van der Waals surface area contributed by atoms with Crippen LogP contribution in [0.5, 0.6) is 0 Å². The number of likely N-dealkylation sites (tertiary alicyclic amines) is 1. The van der Waals surface area contributed by atoms with E-state index in [2.05, 4.69) is 28.2 Å². The lowest BCUT2D eigenvalue weighted by atomic mass is 9.83. The van der Waals surface area contributed by atoms with Crippen molar-refractivity contribution in [1.82, 2.24) is 20.0 Å². The van der Waals surface area contributed by atoms with Gasteiger partial charge in [-0.25, -0.2) is 0 Å². The zero-order valence-electron chi connectivity index (χ0n) is 18.4. The number of hydrogen-bond acceptors (Lipinski definition) is 4. The molecule has 0 bridgehead atoms. The number of piperidine rings is 1. The van der Waals surface area contributed by atoms with Crippen molar-refractivity contribution in [3.8, 4) is 0 Å². The van der Waals surface area contributed by atoms with Gasteiger partial charge in [0.15, 0.2) is 0 Å². The van der Waals surface area contributed by atoms with Crippen molar-refractivity contribution in [1.29, 1.82) is 0 Å². The summed E-state index contributed by atoms with van der Waals surface area (Å²) >= 11 is 6.12. The first-order valence-corrected chi connectivity index (χ1v) is 12.1. The Labute approximate surface area is 189 Å². The van der Waals surface area contributed by atoms with E-state index >= 15 is 0 Å². The topological polar surface area (TPSA) is 55.9 Å². The van der Waals surface area contributed by atoms with Gasteiger partial charge in [0.2, 0.25) is 11.8 Å². The Hall–Kier alpha value is -1.63. The molecular weight excluding hydrogens is 412 g/mol. The van der Waals surface area contributed by atoms with Gasteiger partial charge < -0.3 is 10.2 Å². The van der Waals surface area contributed by atoms with Crippen LogP contribution in [-0.4, -0.2) is 76.9 Å². The van der Waals surface area contributed by atoms with Crippen molar-refractivity contribution in [2.75, 3.05) is 26.7 Å². The Balaban J connectivity index is 1.21. The number of likely N-dealkylation sites (N-methyl/N-ethyl adjacent to an activating group) is 1. The van der Waals surface area contributed by atoms with Crippen molar-refractivity contribution < 1.29 is 9.59 Å². The zero-order chi connectivity index (χ0) is 21.6. The molecule has 7 heteroatoms. The number of carbonyl (C=O) groups is 2. The average molecular weight is 445 g/mol. The summed E-state index contributed by atoms with van der Waals surface area (Å²) in [6.45, 7) is 3.29. The predicted molar refractivity (Wildman–Crippen MR) is 121 cm³/mol. The number of amides is 2. The predicted octanol–water partition coefficient (Wildman–Crippen LogP) is 2.65. The van der Waals surface area contributed by atoms with E-state index in [0.717, 1.165) is 43.9 Å². The molecule has 4 fully saturated rings. The number of nitrogens with zero attached hydrogens (tertiary/aromatic N) is 3. The number of benzene rings is 1. The van der Waals surface area contributed by atoms with Gasteiger partial charge in [0.25, 0.3) is 0 Å². The minimum atomic E-state index is -0.390. The third-order valence-corrected chi connectivity index (χ3v) is 8.35. The van der Waals surface area contributed by atoms with E-state index in [0.29, 0.717) is 25.0 Å². The average Bonchev–Trinajstić information content (AvgIpc) is 3.11. The lowest BCUT2D eigenvalue weighted by molar-refractivity contribution is -0.135. The molecule has 1 spiro atoms. The second-order valence-corrected chi connectivity index (χ2v) is 10.5. The van der Waals surface area contributed by atoms with Gasteiger partial charge in [0, 0.05) is 43.3 Å². The molecule has 1 aromatic rings. The highest BCUT2D eigenvalue weighted by atomic mass is 35.5. The van der Waals surface area contributed by atoms with Crippen molar-refractivity contribution in [3.05, 3.63) is 34.9 Å². The SMILES string of the molecule is CN(C1CCC1)[C@H]1C[C@H]2C(=O)NC3(CCN(Cc4cccc(Cl)c4)CC3)CC(=O)N2C1. The maximum absolute atomic E-state index is 13.2. The third kappa shape index (κ3) is 4.22. The highest BCUT2D eigenvalue weighted by Crippen LogP contribution is 2.35. The molecule has 3 aliphatic heterocycles. The molecule has 31 heavy (non-hydrogen) atoms. The van der Waals surface area contributed by atoms with E-state index in [1.807, 2.05) is 23.1 Å². The van der Waals surface area contributed by atoms with E-state index in [-0.39, 0.29) is 17.9 Å². The van der Waals surface area contributed by atoms with Gasteiger partial charge in [0.05, 0.1) is 12.0 Å². The molecule has 1 N–H and O–H groups in total. The van der Waals surface area contributed by atoms with E-state index in [4.69, 9.17) is 11.6 Å². The quantitative estimate of drug-likeness (QED) is 0.775. The summed E-state index contributed by atoms with van der Waals surface area (Å²) < 4.78 is 0. The van der Waals surface area contributed by atoms with Crippen LogP contribution in [0.2, 0.25) is 5.02 Å². The van der Waals surface area contributed by atoms with Crippen molar-refractivity contribution in [2.45, 2.75) is 75.2 Å². The fraction of sp³-hybridized carbons (Fsp3) is 0.667. The largest absolute Gasteiger partial charge is 0.348 e. The molecular formula is C24H33ClN4O2. The maximum atomic E-state index is 13.2. The Morgan fingerprint density at radius 2 is 1.97 bits per heavy atom. The molecule has 1 aliphatic carbocycles. The van der Waals surface area contributed by atoms with Gasteiger partial charge in [-0.2, -0.15) is 0 Å². The van der Waals surface area contributed by atoms with Crippen LogP contribution in [0.25, 0.3) is 0 Å². The van der Waals surface area contributed by atoms with E-state index < -0.39 is 5.54 Å². The molecule has 6 nitrogen and oxygen atoms in total. The van der Waals surface area contributed by atoms with E-state index in [9.17, 15) is 9.59 Å². The van der Waals surface area contributed by atoms with Gasteiger partial charge in [-0.15, -0.1) is 0 Å². The van der Waals surface area contributed by atoms with Crippen LogP contribution in [0.3, 0.4) is 0 Å². The molecule has 2 amide bonds. The van der Waals surface area contributed by atoms with Gasteiger partial charge in [-0.3, -0.25) is 19.4 Å².